The second kappa shape index (κ2) is 6.86. The highest BCUT2D eigenvalue weighted by Crippen LogP contribution is 2.30. The van der Waals surface area contributed by atoms with Gasteiger partial charge in [0.2, 0.25) is 0 Å². The van der Waals surface area contributed by atoms with Crippen LogP contribution < -0.4 is 5.32 Å². The van der Waals surface area contributed by atoms with Gasteiger partial charge in [0.1, 0.15) is 5.75 Å². The van der Waals surface area contributed by atoms with Gasteiger partial charge in [0, 0.05) is 22.3 Å². The number of benzene rings is 1. The van der Waals surface area contributed by atoms with E-state index in [-0.39, 0.29) is 27.8 Å². The van der Waals surface area contributed by atoms with Gasteiger partial charge in [-0.1, -0.05) is 18.5 Å². The van der Waals surface area contributed by atoms with Crippen LogP contribution in [0.15, 0.2) is 17.5 Å². The molecule has 6 nitrogen and oxygen atoms in total. The van der Waals surface area contributed by atoms with E-state index in [9.17, 15) is 18.3 Å². The molecule has 0 bridgehead atoms. The first-order valence-corrected chi connectivity index (χ1v) is 9.75. The van der Waals surface area contributed by atoms with Crippen molar-refractivity contribution < 1.29 is 18.3 Å². The Morgan fingerprint density at radius 2 is 2.13 bits per heavy atom. The third-order valence-corrected chi connectivity index (χ3v) is 5.93. The molecule has 0 atom stereocenters. The number of phenols is 1. The first-order valence-electron chi connectivity index (χ1n) is 6.67. The van der Waals surface area contributed by atoms with Crippen LogP contribution in [0.25, 0.3) is 0 Å². The molecule has 0 aliphatic heterocycles. The Kier molecular flexibility index (Phi) is 5.28. The lowest BCUT2D eigenvalue weighted by Gasteiger charge is -2.08. The minimum Gasteiger partial charge on any atom is -0.506 e. The van der Waals surface area contributed by atoms with Crippen molar-refractivity contribution in [2.75, 3.05) is 11.1 Å². The summed E-state index contributed by atoms with van der Waals surface area (Å²) in [6.07, 6.45) is 0. The van der Waals surface area contributed by atoms with E-state index in [2.05, 4.69) is 10.3 Å². The summed E-state index contributed by atoms with van der Waals surface area (Å²) < 4.78 is 23.1. The predicted octanol–water partition coefficient (Wildman–Crippen LogP) is 3.00. The van der Waals surface area contributed by atoms with E-state index in [0.717, 1.165) is 11.3 Å². The van der Waals surface area contributed by atoms with Crippen LogP contribution in [-0.4, -0.2) is 30.2 Å². The van der Waals surface area contributed by atoms with E-state index in [1.165, 1.54) is 12.1 Å². The topological polar surface area (TPSA) is 96.4 Å². The molecule has 1 heterocycles. The summed E-state index contributed by atoms with van der Waals surface area (Å²) in [6, 6.07) is 2.93. The largest absolute Gasteiger partial charge is 0.506 e. The van der Waals surface area contributed by atoms with Crippen LogP contribution in [-0.2, 0) is 15.6 Å². The zero-order chi connectivity index (χ0) is 17.2. The summed E-state index contributed by atoms with van der Waals surface area (Å²) in [5, 5.41) is 14.4. The molecule has 0 spiro atoms. The Hall–Kier alpha value is -1.64. The van der Waals surface area contributed by atoms with Crippen LogP contribution in [0.2, 0.25) is 5.02 Å². The molecule has 2 N–H and O–H groups in total. The third-order valence-electron chi connectivity index (χ3n) is 3.21. The number of anilines is 1. The molecular formula is C14H15ClN2O4S2. The zero-order valence-corrected chi connectivity index (χ0v) is 14.8. The summed E-state index contributed by atoms with van der Waals surface area (Å²) in [5.74, 6) is -0.714. The molecule has 0 aliphatic rings. The van der Waals surface area contributed by atoms with Crippen molar-refractivity contribution >= 4 is 43.8 Å². The number of carbonyl (C=O) groups is 1. The van der Waals surface area contributed by atoms with Gasteiger partial charge in [0.05, 0.1) is 16.5 Å². The molecule has 23 heavy (non-hydrogen) atoms. The average Bonchev–Trinajstić information content (AvgIpc) is 2.91. The van der Waals surface area contributed by atoms with Gasteiger partial charge < -0.3 is 5.11 Å². The summed E-state index contributed by atoms with van der Waals surface area (Å²) in [6.45, 7) is 3.15. The molecular weight excluding hydrogens is 360 g/mol. The standard InChI is InChI=1S/C14H15ClN2O4S2/c1-3-23(20,21)7-9-6-22-14(16-9)17-13(19)10-4-5-11(15)12(18)8(10)2/h4-6,18H,3,7H2,1-2H3,(H,16,17,19). The van der Waals surface area contributed by atoms with E-state index in [1.54, 1.807) is 19.2 Å². The maximum absolute atomic E-state index is 12.2. The van der Waals surface area contributed by atoms with Gasteiger partial charge in [-0.15, -0.1) is 11.3 Å². The molecule has 2 aromatic rings. The molecule has 9 heteroatoms. The van der Waals surface area contributed by atoms with Crippen LogP contribution in [0, 0.1) is 6.92 Å². The average molecular weight is 375 g/mol. The predicted molar refractivity (Wildman–Crippen MR) is 91.1 cm³/mol. The van der Waals surface area contributed by atoms with Gasteiger partial charge >= 0.3 is 0 Å². The van der Waals surface area contributed by atoms with Crippen molar-refractivity contribution in [2.24, 2.45) is 0 Å². The highest BCUT2D eigenvalue weighted by Gasteiger charge is 2.17. The highest BCUT2D eigenvalue weighted by molar-refractivity contribution is 7.90. The SMILES string of the molecule is CCS(=O)(=O)Cc1csc(NC(=O)c2ccc(Cl)c(O)c2C)n1. The second-order valence-corrected chi connectivity index (χ2v) is 8.46. The Balaban J connectivity index is 2.16. The number of hydrogen-bond acceptors (Lipinski definition) is 6. The quantitative estimate of drug-likeness (QED) is 0.838. The van der Waals surface area contributed by atoms with Gasteiger partial charge in [-0.25, -0.2) is 13.4 Å². The van der Waals surface area contributed by atoms with Crippen LogP contribution in [0.3, 0.4) is 0 Å². The Morgan fingerprint density at radius 1 is 1.43 bits per heavy atom. The Labute approximate surface area is 143 Å². The van der Waals surface area contributed by atoms with E-state index in [4.69, 9.17) is 11.6 Å². The lowest BCUT2D eigenvalue weighted by molar-refractivity contribution is 0.102. The maximum Gasteiger partial charge on any atom is 0.257 e. The summed E-state index contributed by atoms with van der Waals surface area (Å²) in [7, 11) is -3.17. The van der Waals surface area contributed by atoms with Crippen molar-refractivity contribution in [3.63, 3.8) is 0 Å². The molecule has 0 fully saturated rings. The molecule has 2 rings (SSSR count). The van der Waals surface area contributed by atoms with Crippen LogP contribution in [0.5, 0.6) is 5.75 Å². The van der Waals surface area contributed by atoms with Crippen LogP contribution in [0.4, 0.5) is 5.13 Å². The zero-order valence-electron chi connectivity index (χ0n) is 12.5. The van der Waals surface area contributed by atoms with Crippen molar-refractivity contribution in [1.29, 1.82) is 0 Å². The van der Waals surface area contributed by atoms with E-state index in [0.29, 0.717) is 16.4 Å². The van der Waals surface area contributed by atoms with Crippen LogP contribution >= 0.6 is 22.9 Å². The number of hydrogen-bond donors (Lipinski definition) is 2. The normalized spacial score (nSPS) is 11.4. The molecule has 1 aromatic heterocycles. The number of amides is 1. The number of aromatic nitrogens is 1. The molecule has 1 aromatic carbocycles. The van der Waals surface area contributed by atoms with E-state index in [1.807, 2.05) is 0 Å². The molecule has 1 amide bonds. The number of nitrogens with one attached hydrogen (secondary N) is 1. The summed E-state index contributed by atoms with van der Waals surface area (Å²) >= 11 is 6.92. The first kappa shape index (κ1) is 17.7. The van der Waals surface area contributed by atoms with Crippen LogP contribution in [0.1, 0.15) is 28.5 Å². The fourth-order valence-corrected chi connectivity index (χ4v) is 3.65. The lowest BCUT2D eigenvalue weighted by atomic mass is 10.1. The number of nitrogens with zero attached hydrogens (tertiary/aromatic N) is 1. The minimum absolute atomic E-state index is 0.0372. The molecule has 124 valence electrons. The number of rotatable bonds is 5. The maximum atomic E-state index is 12.2. The van der Waals surface area contributed by atoms with Gasteiger partial charge in [-0.3, -0.25) is 10.1 Å². The van der Waals surface area contributed by atoms with Crippen molar-refractivity contribution in [1.82, 2.24) is 4.98 Å². The monoisotopic (exact) mass is 374 g/mol. The van der Waals surface area contributed by atoms with Gasteiger partial charge in [-0.05, 0) is 19.1 Å². The van der Waals surface area contributed by atoms with Gasteiger partial charge in [0.25, 0.3) is 5.91 Å². The summed E-state index contributed by atoms with van der Waals surface area (Å²) in [4.78, 5) is 16.3. The van der Waals surface area contributed by atoms with E-state index >= 15 is 0 Å². The lowest BCUT2D eigenvalue weighted by Crippen LogP contribution is -2.13. The highest BCUT2D eigenvalue weighted by atomic mass is 35.5. The van der Waals surface area contributed by atoms with Crippen molar-refractivity contribution in [2.45, 2.75) is 19.6 Å². The summed E-state index contributed by atoms with van der Waals surface area (Å²) in [5.41, 5.74) is 1.02. The smallest absolute Gasteiger partial charge is 0.257 e. The number of carbonyl (C=O) groups excluding carboxylic acids is 1. The molecule has 0 unspecified atom stereocenters. The first-order chi connectivity index (χ1) is 10.7. The number of halogens is 1. The van der Waals surface area contributed by atoms with Crippen molar-refractivity contribution in [3.05, 3.63) is 39.4 Å². The van der Waals surface area contributed by atoms with E-state index < -0.39 is 15.7 Å². The number of thiazole rings is 1. The Morgan fingerprint density at radius 3 is 2.78 bits per heavy atom. The number of phenolic OH excluding ortho intramolecular Hbond substituents is 1. The molecule has 0 radical (unpaired) electrons. The molecule has 0 saturated carbocycles. The fourth-order valence-electron chi connectivity index (χ4n) is 1.84. The number of aromatic hydroxyl groups is 1. The number of sulfone groups is 1. The fraction of sp³-hybridized carbons (Fsp3) is 0.286. The van der Waals surface area contributed by atoms with Crippen molar-refractivity contribution in [3.8, 4) is 5.75 Å². The second-order valence-electron chi connectivity index (χ2n) is 4.84. The Bertz CT molecular complexity index is 846. The van der Waals surface area contributed by atoms with Gasteiger partial charge in [0.15, 0.2) is 15.0 Å². The molecule has 0 aliphatic carbocycles. The minimum atomic E-state index is -3.17. The third kappa shape index (κ3) is 4.21. The van der Waals surface area contributed by atoms with Gasteiger partial charge in [-0.2, -0.15) is 0 Å². The molecule has 0 saturated heterocycles.